The first-order valence-corrected chi connectivity index (χ1v) is 13.4. The van der Waals surface area contributed by atoms with Crippen LogP contribution in [0.2, 0.25) is 10.0 Å². The fourth-order valence-electron chi connectivity index (χ4n) is 5.04. The van der Waals surface area contributed by atoms with Crippen LogP contribution >= 0.6 is 23.2 Å². The molecule has 1 amide bonds. The van der Waals surface area contributed by atoms with Crippen LogP contribution in [0.15, 0.2) is 66.7 Å². The number of ether oxygens (including phenoxy) is 1. The summed E-state index contributed by atoms with van der Waals surface area (Å²) in [7, 11) is 0. The molecular formula is C31H31Cl2N3O2U. The van der Waals surface area contributed by atoms with Gasteiger partial charge in [0.25, 0.3) is 0 Å². The zero-order chi connectivity index (χ0) is 27.1. The first kappa shape index (κ1) is 31.7. The van der Waals surface area contributed by atoms with E-state index in [2.05, 4.69) is 42.3 Å². The molecule has 1 heterocycles. The number of rotatable bonds is 9. The second kappa shape index (κ2) is 14.7. The molecule has 0 aromatic heterocycles. The van der Waals surface area contributed by atoms with Crippen molar-refractivity contribution in [2.24, 2.45) is 0 Å². The molecule has 5 nitrogen and oxygen atoms in total. The van der Waals surface area contributed by atoms with Crippen molar-refractivity contribution >= 4 is 34.8 Å². The average molecular weight is 787 g/mol. The normalized spacial score (nSPS) is 14.9. The van der Waals surface area contributed by atoms with Crippen LogP contribution in [0.3, 0.4) is 0 Å². The van der Waals surface area contributed by atoms with Gasteiger partial charge in [0.05, 0.1) is 17.2 Å². The van der Waals surface area contributed by atoms with Gasteiger partial charge in [0, 0.05) is 28.8 Å². The van der Waals surface area contributed by atoms with Crippen molar-refractivity contribution in [2.45, 2.75) is 37.3 Å². The molecule has 0 radical (unpaired) electrons. The van der Waals surface area contributed by atoms with E-state index >= 15 is 0 Å². The van der Waals surface area contributed by atoms with Gasteiger partial charge in [-0.15, -0.1) is 0 Å². The summed E-state index contributed by atoms with van der Waals surface area (Å²) in [6.07, 6.45) is 3.09. The van der Waals surface area contributed by atoms with Gasteiger partial charge in [0.15, 0.2) is 0 Å². The van der Waals surface area contributed by atoms with E-state index in [1.54, 1.807) is 24.3 Å². The fourth-order valence-corrected chi connectivity index (χ4v) is 5.56. The number of piperidine rings is 1. The first-order valence-electron chi connectivity index (χ1n) is 12.7. The maximum atomic E-state index is 12.8. The number of benzene rings is 3. The molecular weight excluding hydrogens is 755 g/mol. The third-order valence-corrected chi connectivity index (χ3v) is 7.59. The molecule has 1 saturated heterocycles. The molecule has 39 heavy (non-hydrogen) atoms. The topological polar surface area (TPSA) is 65.4 Å². The van der Waals surface area contributed by atoms with Gasteiger partial charge >= 0.3 is 31.1 Å². The summed E-state index contributed by atoms with van der Waals surface area (Å²) in [5.41, 5.74) is 3.56. The molecule has 1 fully saturated rings. The molecule has 0 bridgehead atoms. The smallest absolute Gasteiger partial charge is 0.360 e. The van der Waals surface area contributed by atoms with E-state index in [1.165, 1.54) is 0 Å². The Kier molecular flexibility index (Phi) is 11.9. The standard InChI is InChI=1S/C31H31Cl2N3O2.U/c1-3-29(4-2)36-14-12-31(13-15-36,38-21-30(37)35-28-18-26(32)17-27(33)19-28)25-10-8-23(9-11-25)24-7-5-6-22(16-24)20-34;/h5-11,16-19,29H,1-4,12-15,21H2,(H,35,37);/q-2;+2. The number of carbonyl (C=O) groups is 1. The Morgan fingerprint density at radius 2 is 1.64 bits per heavy atom. The minimum atomic E-state index is -0.611. The molecule has 1 aliphatic rings. The van der Waals surface area contributed by atoms with Gasteiger partial charge in [-0.25, -0.2) is 0 Å². The first-order chi connectivity index (χ1) is 18.4. The quantitative estimate of drug-likeness (QED) is 0.232. The van der Waals surface area contributed by atoms with Crippen LogP contribution in [0.5, 0.6) is 0 Å². The van der Waals surface area contributed by atoms with Crippen LogP contribution in [0.25, 0.3) is 11.1 Å². The molecule has 1 aliphatic heterocycles. The summed E-state index contributed by atoms with van der Waals surface area (Å²) in [6.45, 7) is 9.71. The minimum Gasteiger partial charge on any atom is -0.360 e. The van der Waals surface area contributed by atoms with Crippen LogP contribution in [0, 0.1) is 56.3 Å². The van der Waals surface area contributed by atoms with Crippen molar-refractivity contribution < 1.29 is 40.6 Å². The molecule has 0 spiro atoms. The summed E-state index contributed by atoms with van der Waals surface area (Å²) >= 11 is 12.2. The zero-order valence-electron chi connectivity index (χ0n) is 21.8. The molecule has 0 unspecified atom stereocenters. The molecule has 0 atom stereocenters. The van der Waals surface area contributed by atoms with Crippen molar-refractivity contribution in [3.8, 4) is 17.2 Å². The summed E-state index contributed by atoms with van der Waals surface area (Å²) < 4.78 is 6.45. The van der Waals surface area contributed by atoms with Crippen molar-refractivity contribution in [1.29, 1.82) is 5.26 Å². The predicted octanol–water partition coefficient (Wildman–Crippen LogP) is 7.30. The largest absolute Gasteiger partial charge is 2.00 e. The van der Waals surface area contributed by atoms with Gasteiger partial charge in [-0.1, -0.05) is 59.6 Å². The van der Waals surface area contributed by atoms with E-state index in [0.29, 0.717) is 27.3 Å². The van der Waals surface area contributed by atoms with Gasteiger partial charge in [-0.2, -0.15) is 18.1 Å². The molecule has 1 N–H and O–H groups in total. The summed E-state index contributed by atoms with van der Waals surface area (Å²) in [4.78, 5) is 15.3. The summed E-state index contributed by atoms with van der Waals surface area (Å²) in [5.74, 6) is -0.275. The Morgan fingerprint density at radius 1 is 1.00 bits per heavy atom. The number of amides is 1. The van der Waals surface area contributed by atoms with Gasteiger partial charge < -0.3 is 28.8 Å². The van der Waals surface area contributed by atoms with Crippen LogP contribution in [0.1, 0.15) is 36.8 Å². The number of nitrogens with zero attached hydrogens (tertiary/aromatic N) is 2. The number of nitrogens with one attached hydrogen (secondary N) is 1. The Morgan fingerprint density at radius 3 is 2.23 bits per heavy atom. The van der Waals surface area contributed by atoms with E-state index in [1.807, 2.05) is 30.3 Å². The number of nitriles is 1. The Labute approximate surface area is 265 Å². The van der Waals surface area contributed by atoms with Crippen molar-refractivity contribution in [3.63, 3.8) is 0 Å². The van der Waals surface area contributed by atoms with E-state index in [-0.39, 0.29) is 43.6 Å². The number of hydrogen-bond donors (Lipinski definition) is 1. The third-order valence-electron chi connectivity index (χ3n) is 7.15. The van der Waals surface area contributed by atoms with Crippen LogP contribution in [-0.2, 0) is 15.1 Å². The molecule has 200 valence electrons. The van der Waals surface area contributed by atoms with Crippen molar-refractivity contribution in [1.82, 2.24) is 4.90 Å². The zero-order valence-corrected chi connectivity index (χ0v) is 27.4. The molecule has 8 heteroatoms. The third kappa shape index (κ3) is 8.11. The van der Waals surface area contributed by atoms with Gasteiger partial charge in [0.2, 0.25) is 5.91 Å². The van der Waals surface area contributed by atoms with E-state index < -0.39 is 5.60 Å². The predicted molar refractivity (Wildman–Crippen MR) is 154 cm³/mol. The molecule has 3 aromatic rings. The number of carbonyl (C=O) groups excluding carboxylic acids is 1. The van der Waals surface area contributed by atoms with E-state index in [0.717, 1.165) is 55.5 Å². The van der Waals surface area contributed by atoms with Gasteiger partial charge in [0.1, 0.15) is 6.61 Å². The number of anilines is 1. The molecule has 0 saturated carbocycles. The number of hydrogen-bond acceptors (Lipinski definition) is 4. The Hall–Kier alpha value is -1.83. The molecule has 0 aliphatic carbocycles. The average Bonchev–Trinajstić information content (AvgIpc) is 2.93. The van der Waals surface area contributed by atoms with E-state index in [4.69, 9.17) is 27.9 Å². The number of halogens is 2. The maximum absolute atomic E-state index is 12.8. The SMILES string of the molecule is [CH2-]CC(C[CH2-])N1CCC(OCC(=O)Nc2cc(Cl)cc(Cl)c2)(c2ccc(-c3cccc(C#N)c3)cc2)CC1.[U+2]. The second-order valence-electron chi connectivity index (χ2n) is 9.53. The van der Waals surface area contributed by atoms with Crippen LogP contribution < -0.4 is 5.32 Å². The fraction of sp³-hybridized carbons (Fsp3) is 0.290. The van der Waals surface area contributed by atoms with Gasteiger partial charge in [-0.05, 0) is 65.9 Å². The summed E-state index contributed by atoms with van der Waals surface area (Å²) in [5, 5.41) is 13.0. The second-order valence-corrected chi connectivity index (χ2v) is 10.4. The molecule has 4 rings (SSSR count). The Bertz CT molecular complexity index is 1280. The molecule has 3 aromatic carbocycles. The Balaban J connectivity index is 0.00000420. The summed E-state index contributed by atoms with van der Waals surface area (Å²) in [6, 6.07) is 23.2. The maximum Gasteiger partial charge on any atom is 2.00 e. The van der Waals surface area contributed by atoms with E-state index in [9.17, 15) is 10.1 Å². The number of likely N-dealkylation sites (tertiary alicyclic amines) is 1. The minimum absolute atomic E-state index is 0. The van der Waals surface area contributed by atoms with Crippen molar-refractivity contribution in [2.75, 3.05) is 25.0 Å². The van der Waals surface area contributed by atoms with Gasteiger partial charge in [-0.3, -0.25) is 4.79 Å². The van der Waals surface area contributed by atoms with Crippen LogP contribution in [-0.4, -0.2) is 36.5 Å². The monoisotopic (exact) mass is 785 g/mol. The van der Waals surface area contributed by atoms with Crippen molar-refractivity contribution in [3.05, 3.63) is 102 Å². The van der Waals surface area contributed by atoms with Crippen LogP contribution in [0.4, 0.5) is 5.69 Å².